The summed E-state index contributed by atoms with van der Waals surface area (Å²) in [4.78, 5) is 27.4. The van der Waals surface area contributed by atoms with Crippen molar-refractivity contribution in [3.05, 3.63) is 63.8 Å². The number of benzene rings is 1. The van der Waals surface area contributed by atoms with Gasteiger partial charge in [0, 0.05) is 13.0 Å². The summed E-state index contributed by atoms with van der Waals surface area (Å²) in [5, 5.41) is 9.19. The lowest BCUT2D eigenvalue weighted by atomic mass is 10.1. The largest absolute Gasteiger partial charge is 0.477 e. The van der Waals surface area contributed by atoms with Gasteiger partial charge < -0.3 is 5.11 Å². The normalized spacial score (nSPS) is 10.4. The fourth-order valence-electron chi connectivity index (χ4n) is 1.89. The third-order valence-electron chi connectivity index (χ3n) is 2.89. The zero-order valence-electron chi connectivity index (χ0n) is 10.5. The maximum atomic E-state index is 12.0. The zero-order valence-corrected chi connectivity index (χ0v) is 10.5. The molecule has 1 aromatic carbocycles. The predicted octanol–water partition coefficient (Wildman–Crippen LogP) is 1.55. The summed E-state index contributed by atoms with van der Waals surface area (Å²) in [6.45, 7) is 2.17. The van der Waals surface area contributed by atoms with E-state index in [-0.39, 0.29) is 5.56 Å². The monoisotopic (exact) mass is 258 g/mol. The van der Waals surface area contributed by atoms with Gasteiger partial charge in [-0.3, -0.25) is 9.36 Å². The van der Waals surface area contributed by atoms with Crippen LogP contribution in [0.25, 0.3) is 0 Å². The molecule has 1 heterocycles. The molecule has 1 N–H and O–H groups in total. The first-order chi connectivity index (χ1) is 9.13. The van der Waals surface area contributed by atoms with E-state index in [1.165, 1.54) is 10.9 Å². The van der Waals surface area contributed by atoms with E-state index in [0.29, 0.717) is 18.7 Å². The number of hydrogen-bond donors (Lipinski definition) is 1. The molecule has 5 nitrogen and oxygen atoms in total. The number of aryl methyl sites for hydroxylation is 1. The van der Waals surface area contributed by atoms with Crippen LogP contribution in [0, 0.1) is 0 Å². The Morgan fingerprint density at radius 2 is 2.00 bits per heavy atom. The summed E-state index contributed by atoms with van der Waals surface area (Å²) in [6, 6.07) is 9.35. The van der Waals surface area contributed by atoms with Gasteiger partial charge in [-0.25, -0.2) is 9.78 Å². The molecule has 0 spiro atoms. The third kappa shape index (κ3) is 2.70. The van der Waals surface area contributed by atoms with E-state index in [1.807, 2.05) is 30.3 Å². The first-order valence-corrected chi connectivity index (χ1v) is 5.99. The van der Waals surface area contributed by atoms with Crippen LogP contribution in [0.5, 0.6) is 0 Å². The van der Waals surface area contributed by atoms with Crippen LogP contribution in [0.1, 0.15) is 28.5 Å². The Morgan fingerprint density at radius 1 is 1.32 bits per heavy atom. The van der Waals surface area contributed by atoms with Gasteiger partial charge in [0.15, 0.2) is 0 Å². The van der Waals surface area contributed by atoms with Gasteiger partial charge in [-0.2, -0.15) is 0 Å². The molecule has 0 unspecified atom stereocenters. The van der Waals surface area contributed by atoms with Gasteiger partial charge in [-0.15, -0.1) is 0 Å². The molecule has 2 aromatic rings. The smallest absolute Gasteiger partial charge is 0.343 e. The molecule has 0 bridgehead atoms. The van der Waals surface area contributed by atoms with Crippen molar-refractivity contribution in [2.45, 2.75) is 19.9 Å². The molecule has 98 valence electrons. The number of rotatable bonds is 4. The van der Waals surface area contributed by atoms with Gasteiger partial charge in [0.1, 0.15) is 5.56 Å². The van der Waals surface area contributed by atoms with Crippen LogP contribution in [0.2, 0.25) is 0 Å². The second-order valence-corrected chi connectivity index (χ2v) is 4.12. The molecule has 0 saturated heterocycles. The standard InChI is InChI=1S/C14H14N2O3/c1-2-16-9-15-11(12(13(16)17)14(18)19)8-10-6-4-3-5-7-10/h3-7,9H,2,8H2,1H3,(H,18,19). The summed E-state index contributed by atoms with van der Waals surface area (Å²) < 4.78 is 1.29. The highest BCUT2D eigenvalue weighted by Gasteiger charge is 2.18. The third-order valence-corrected chi connectivity index (χ3v) is 2.89. The van der Waals surface area contributed by atoms with Crippen LogP contribution < -0.4 is 5.56 Å². The Balaban J connectivity index is 2.49. The Labute approximate surface area is 110 Å². The lowest BCUT2D eigenvalue weighted by Crippen LogP contribution is -2.28. The summed E-state index contributed by atoms with van der Waals surface area (Å²) >= 11 is 0. The number of aromatic nitrogens is 2. The van der Waals surface area contributed by atoms with Crippen LogP contribution in [0.15, 0.2) is 41.5 Å². The number of hydrogen-bond acceptors (Lipinski definition) is 3. The molecule has 0 amide bonds. The highest BCUT2D eigenvalue weighted by molar-refractivity contribution is 5.88. The number of carboxylic acid groups (broad SMARTS) is 1. The lowest BCUT2D eigenvalue weighted by Gasteiger charge is -2.08. The summed E-state index contributed by atoms with van der Waals surface area (Å²) in [7, 11) is 0. The molecular weight excluding hydrogens is 244 g/mol. The van der Waals surface area contributed by atoms with E-state index in [9.17, 15) is 14.7 Å². The van der Waals surface area contributed by atoms with E-state index < -0.39 is 11.5 Å². The summed E-state index contributed by atoms with van der Waals surface area (Å²) in [5.41, 5.74) is 0.476. The zero-order chi connectivity index (χ0) is 13.8. The van der Waals surface area contributed by atoms with Crippen LogP contribution in [-0.4, -0.2) is 20.6 Å². The molecule has 0 aliphatic carbocycles. The molecule has 2 rings (SSSR count). The minimum Gasteiger partial charge on any atom is -0.477 e. The van der Waals surface area contributed by atoms with Crippen molar-refractivity contribution in [1.82, 2.24) is 9.55 Å². The quantitative estimate of drug-likeness (QED) is 0.903. The first-order valence-electron chi connectivity index (χ1n) is 5.99. The van der Waals surface area contributed by atoms with Gasteiger partial charge in [-0.1, -0.05) is 30.3 Å². The van der Waals surface area contributed by atoms with E-state index in [0.717, 1.165) is 5.56 Å². The van der Waals surface area contributed by atoms with Crippen molar-refractivity contribution in [3.8, 4) is 0 Å². The molecule has 5 heteroatoms. The van der Waals surface area contributed by atoms with Crippen LogP contribution in [0.4, 0.5) is 0 Å². The van der Waals surface area contributed by atoms with Crippen molar-refractivity contribution in [2.75, 3.05) is 0 Å². The SMILES string of the molecule is CCn1cnc(Cc2ccccc2)c(C(=O)O)c1=O. The Kier molecular flexibility index (Phi) is 3.75. The highest BCUT2D eigenvalue weighted by Crippen LogP contribution is 2.09. The van der Waals surface area contributed by atoms with Crippen molar-refractivity contribution in [2.24, 2.45) is 0 Å². The molecule has 0 radical (unpaired) electrons. The van der Waals surface area contributed by atoms with Crippen molar-refractivity contribution in [1.29, 1.82) is 0 Å². The molecule has 0 aliphatic heterocycles. The van der Waals surface area contributed by atoms with Crippen molar-refractivity contribution in [3.63, 3.8) is 0 Å². The maximum Gasteiger partial charge on any atom is 0.343 e. The Morgan fingerprint density at radius 3 is 2.58 bits per heavy atom. The predicted molar refractivity (Wildman–Crippen MR) is 70.4 cm³/mol. The van der Waals surface area contributed by atoms with Gasteiger partial charge in [-0.05, 0) is 12.5 Å². The molecule has 0 saturated carbocycles. The number of carbonyl (C=O) groups is 1. The topological polar surface area (TPSA) is 72.2 Å². The van der Waals surface area contributed by atoms with Crippen LogP contribution in [-0.2, 0) is 13.0 Å². The second-order valence-electron chi connectivity index (χ2n) is 4.12. The molecule has 0 fully saturated rings. The highest BCUT2D eigenvalue weighted by atomic mass is 16.4. The van der Waals surface area contributed by atoms with E-state index in [1.54, 1.807) is 6.92 Å². The van der Waals surface area contributed by atoms with Crippen LogP contribution >= 0.6 is 0 Å². The number of aromatic carboxylic acids is 1. The lowest BCUT2D eigenvalue weighted by molar-refractivity contribution is 0.0692. The van der Waals surface area contributed by atoms with Gasteiger partial charge in [0.2, 0.25) is 0 Å². The number of carboxylic acids is 1. The van der Waals surface area contributed by atoms with E-state index >= 15 is 0 Å². The van der Waals surface area contributed by atoms with Crippen molar-refractivity contribution < 1.29 is 9.90 Å². The second kappa shape index (κ2) is 5.48. The first kappa shape index (κ1) is 13.0. The fourth-order valence-corrected chi connectivity index (χ4v) is 1.89. The number of nitrogens with zero attached hydrogens (tertiary/aromatic N) is 2. The van der Waals surface area contributed by atoms with E-state index in [2.05, 4.69) is 4.98 Å². The molecule has 19 heavy (non-hydrogen) atoms. The van der Waals surface area contributed by atoms with Crippen molar-refractivity contribution >= 4 is 5.97 Å². The summed E-state index contributed by atoms with van der Waals surface area (Å²) in [6.07, 6.45) is 1.73. The fraction of sp³-hybridized carbons (Fsp3) is 0.214. The minimum absolute atomic E-state index is 0.242. The van der Waals surface area contributed by atoms with Gasteiger partial charge >= 0.3 is 5.97 Å². The minimum atomic E-state index is -1.23. The Bertz CT molecular complexity index is 647. The molecule has 0 atom stereocenters. The average molecular weight is 258 g/mol. The average Bonchev–Trinajstić information content (AvgIpc) is 2.40. The van der Waals surface area contributed by atoms with Crippen LogP contribution in [0.3, 0.4) is 0 Å². The van der Waals surface area contributed by atoms with Gasteiger partial charge in [0.05, 0.1) is 12.0 Å². The molecule has 1 aromatic heterocycles. The Hall–Kier alpha value is -2.43. The molecule has 0 aliphatic rings. The molecular formula is C14H14N2O3. The summed E-state index contributed by atoms with van der Waals surface area (Å²) in [5.74, 6) is -1.23. The van der Waals surface area contributed by atoms with Gasteiger partial charge in [0.25, 0.3) is 5.56 Å². The maximum absolute atomic E-state index is 12.0. The van der Waals surface area contributed by atoms with E-state index in [4.69, 9.17) is 0 Å².